The first-order chi connectivity index (χ1) is 15.7. The minimum atomic E-state index is -0.655. The Morgan fingerprint density at radius 3 is 2.27 bits per heavy atom. The Morgan fingerprint density at radius 1 is 1.06 bits per heavy atom. The maximum atomic E-state index is 13.1. The first-order valence-electron chi connectivity index (χ1n) is 11.0. The molecule has 1 aliphatic rings. The van der Waals surface area contributed by atoms with Crippen LogP contribution >= 0.6 is 0 Å². The molecule has 0 saturated heterocycles. The molecule has 3 rings (SSSR count). The quantitative estimate of drug-likeness (QED) is 0.622. The van der Waals surface area contributed by atoms with Gasteiger partial charge in [0.05, 0.1) is 31.0 Å². The molecule has 1 aliphatic heterocycles. The molecule has 0 bridgehead atoms. The van der Waals surface area contributed by atoms with Crippen molar-refractivity contribution in [2.75, 3.05) is 27.4 Å². The van der Waals surface area contributed by atoms with Gasteiger partial charge in [-0.25, -0.2) is 9.59 Å². The molecule has 1 heterocycles. The van der Waals surface area contributed by atoms with Gasteiger partial charge in [-0.05, 0) is 35.6 Å². The Kier molecular flexibility index (Phi) is 7.31. The van der Waals surface area contributed by atoms with E-state index < -0.39 is 12.0 Å². The molecule has 0 saturated carbocycles. The molecule has 33 heavy (non-hydrogen) atoms. The highest BCUT2D eigenvalue weighted by molar-refractivity contribution is 5.95. The van der Waals surface area contributed by atoms with Crippen LogP contribution in [0.25, 0.3) is 0 Å². The Labute approximate surface area is 195 Å². The highest BCUT2D eigenvalue weighted by Gasteiger charge is 2.37. The molecule has 1 unspecified atom stereocenters. The number of carbonyl (C=O) groups is 2. The van der Waals surface area contributed by atoms with Gasteiger partial charge in [0.25, 0.3) is 0 Å². The number of para-hydroxylation sites is 2. The second-order valence-corrected chi connectivity index (χ2v) is 8.83. The summed E-state index contributed by atoms with van der Waals surface area (Å²) < 4.78 is 16.7. The predicted octanol–water partition coefficient (Wildman–Crippen LogP) is 4.59. The van der Waals surface area contributed by atoms with E-state index in [4.69, 9.17) is 14.2 Å². The standard InChI is InChI=1S/C26H32N2O5/c1-7-32-24(29)22-19(16-33-21-11-9-8-10-20(21)31-6)28(5)25(30)27-23(22)17-12-14-18(15-13-17)26(2,3)4/h8-15,23H,7,16H2,1-6H3,(H,27,30). The van der Waals surface area contributed by atoms with E-state index in [9.17, 15) is 9.59 Å². The Balaban J connectivity index is 2.04. The van der Waals surface area contributed by atoms with Gasteiger partial charge in [-0.15, -0.1) is 0 Å². The molecular formula is C26H32N2O5. The summed E-state index contributed by atoms with van der Waals surface area (Å²) in [5.74, 6) is 0.585. The van der Waals surface area contributed by atoms with Crippen molar-refractivity contribution in [2.45, 2.75) is 39.2 Å². The van der Waals surface area contributed by atoms with Gasteiger partial charge < -0.3 is 19.5 Å². The van der Waals surface area contributed by atoms with Crippen LogP contribution in [-0.4, -0.2) is 44.3 Å². The number of urea groups is 1. The van der Waals surface area contributed by atoms with Gasteiger partial charge in [0.2, 0.25) is 0 Å². The molecule has 7 nitrogen and oxygen atoms in total. The number of benzene rings is 2. The highest BCUT2D eigenvalue weighted by Crippen LogP contribution is 2.34. The average Bonchev–Trinajstić information content (AvgIpc) is 2.79. The first kappa shape index (κ1) is 24.2. The number of carbonyl (C=O) groups excluding carboxylic acids is 2. The third kappa shape index (κ3) is 5.30. The van der Waals surface area contributed by atoms with Gasteiger partial charge >= 0.3 is 12.0 Å². The van der Waals surface area contributed by atoms with Crippen molar-refractivity contribution in [2.24, 2.45) is 0 Å². The lowest BCUT2D eigenvalue weighted by Gasteiger charge is -2.34. The van der Waals surface area contributed by atoms with Crippen LogP contribution in [0.4, 0.5) is 4.79 Å². The van der Waals surface area contributed by atoms with E-state index in [1.165, 1.54) is 4.90 Å². The molecular weight excluding hydrogens is 420 g/mol. The Hall–Kier alpha value is -3.48. The topological polar surface area (TPSA) is 77.1 Å². The summed E-state index contributed by atoms with van der Waals surface area (Å²) in [5.41, 5.74) is 2.72. The van der Waals surface area contributed by atoms with Crippen molar-refractivity contribution < 1.29 is 23.8 Å². The van der Waals surface area contributed by atoms with E-state index in [0.29, 0.717) is 22.8 Å². The van der Waals surface area contributed by atoms with Gasteiger partial charge in [0.15, 0.2) is 11.5 Å². The van der Waals surface area contributed by atoms with Crippen molar-refractivity contribution in [1.29, 1.82) is 0 Å². The number of hydrogen-bond acceptors (Lipinski definition) is 5. The minimum Gasteiger partial charge on any atom is -0.493 e. The number of hydrogen-bond donors (Lipinski definition) is 1. The lowest BCUT2D eigenvalue weighted by molar-refractivity contribution is -0.139. The Bertz CT molecular complexity index is 1040. The van der Waals surface area contributed by atoms with Crippen molar-refractivity contribution >= 4 is 12.0 Å². The molecule has 0 spiro atoms. The van der Waals surface area contributed by atoms with Crippen molar-refractivity contribution in [3.05, 3.63) is 70.9 Å². The number of nitrogens with zero attached hydrogens (tertiary/aromatic N) is 1. The third-order valence-electron chi connectivity index (χ3n) is 5.62. The van der Waals surface area contributed by atoms with Gasteiger partial charge in [-0.3, -0.25) is 4.90 Å². The van der Waals surface area contributed by atoms with Gasteiger partial charge in [0, 0.05) is 7.05 Å². The van der Waals surface area contributed by atoms with E-state index in [-0.39, 0.29) is 24.7 Å². The number of methoxy groups -OCH3 is 1. The molecule has 176 valence electrons. The predicted molar refractivity (Wildman–Crippen MR) is 126 cm³/mol. The maximum Gasteiger partial charge on any atom is 0.338 e. The lowest BCUT2D eigenvalue weighted by atomic mass is 9.85. The van der Waals surface area contributed by atoms with Crippen molar-refractivity contribution in [3.63, 3.8) is 0 Å². The van der Waals surface area contributed by atoms with Crippen LogP contribution in [-0.2, 0) is 14.9 Å². The Morgan fingerprint density at radius 2 is 1.70 bits per heavy atom. The maximum absolute atomic E-state index is 13.1. The van der Waals surface area contributed by atoms with E-state index in [0.717, 1.165) is 11.1 Å². The number of rotatable bonds is 7. The van der Waals surface area contributed by atoms with Gasteiger partial charge in [-0.1, -0.05) is 57.2 Å². The fourth-order valence-electron chi connectivity index (χ4n) is 3.69. The molecule has 0 radical (unpaired) electrons. The fourth-order valence-corrected chi connectivity index (χ4v) is 3.69. The highest BCUT2D eigenvalue weighted by atomic mass is 16.5. The zero-order chi connectivity index (χ0) is 24.2. The normalized spacial score (nSPS) is 16.4. The van der Waals surface area contributed by atoms with Crippen LogP contribution in [0.3, 0.4) is 0 Å². The summed E-state index contributed by atoms with van der Waals surface area (Å²) >= 11 is 0. The molecule has 2 amide bonds. The first-order valence-corrected chi connectivity index (χ1v) is 11.0. The lowest BCUT2D eigenvalue weighted by Crippen LogP contribution is -2.48. The summed E-state index contributed by atoms with van der Waals surface area (Å²) in [6, 6.07) is 14.2. The molecule has 0 aliphatic carbocycles. The molecule has 0 fully saturated rings. The molecule has 1 atom stereocenters. The number of nitrogens with one attached hydrogen (secondary N) is 1. The number of ether oxygens (including phenoxy) is 3. The van der Waals surface area contributed by atoms with Crippen LogP contribution in [0.2, 0.25) is 0 Å². The smallest absolute Gasteiger partial charge is 0.338 e. The molecule has 2 aromatic rings. The van der Waals surface area contributed by atoms with Gasteiger partial charge in [0.1, 0.15) is 6.61 Å². The third-order valence-corrected chi connectivity index (χ3v) is 5.62. The zero-order valence-electron chi connectivity index (χ0n) is 20.1. The summed E-state index contributed by atoms with van der Waals surface area (Å²) in [6.07, 6.45) is 0. The SMILES string of the molecule is CCOC(=O)C1=C(COc2ccccc2OC)N(C)C(=O)NC1c1ccc(C(C)(C)C)cc1. The molecule has 2 aromatic carbocycles. The zero-order valence-corrected chi connectivity index (χ0v) is 20.1. The average molecular weight is 453 g/mol. The van der Waals surface area contributed by atoms with E-state index in [1.54, 1.807) is 33.2 Å². The summed E-state index contributed by atoms with van der Waals surface area (Å²) in [4.78, 5) is 27.3. The van der Waals surface area contributed by atoms with Crippen LogP contribution in [0.1, 0.15) is 44.9 Å². The summed E-state index contributed by atoms with van der Waals surface area (Å²) in [7, 11) is 3.16. The van der Waals surface area contributed by atoms with E-state index in [2.05, 4.69) is 26.1 Å². The van der Waals surface area contributed by atoms with Crippen molar-refractivity contribution in [3.8, 4) is 11.5 Å². The number of amides is 2. The monoisotopic (exact) mass is 452 g/mol. The molecule has 7 heteroatoms. The molecule has 1 N–H and O–H groups in total. The van der Waals surface area contributed by atoms with Crippen LogP contribution in [0.15, 0.2) is 59.8 Å². The van der Waals surface area contributed by atoms with Gasteiger partial charge in [-0.2, -0.15) is 0 Å². The van der Waals surface area contributed by atoms with E-state index >= 15 is 0 Å². The number of esters is 1. The summed E-state index contributed by atoms with van der Waals surface area (Å²) in [5, 5.41) is 2.93. The van der Waals surface area contributed by atoms with Crippen LogP contribution in [0.5, 0.6) is 11.5 Å². The van der Waals surface area contributed by atoms with Crippen LogP contribution in [0, 0.1) is 0 Å². The van der Waals surface area contributed by atoms with Crippen molar-refractivity contribution in [1.82, 2.24) is 10.2 Å². The second kappa shape index (κ2) is 9.98. The largest absolute Gasteiger partial charge is 0.493 e. The van der Waals surface area contributed by atoms with E-state index in [1.807, 2.05) is 36.4 Å². The summed E-state index contributed by atoms with van der Waals surface area (Å²) in [6.45, 7) is 8.37. The minimum absolute atomic E-state index is 0.00494. The fraction of sp³-hybridized carbons (Fsp3) is 0.385. The van der Waals surface area contributed by atoms with Crippen LogP contribution < -0.4 is 14.8 Å². The second-order valence-electron chi connectivity index (χ2n) is 8.83. The molecule has 0 aromatic heterocycles. The number of likely N-dealkylation sites (N-methyl/N-ethyl adjacent to an activating group) is 1.